The number of allylic oxidation sites excluding steroid dienone is 8. The number of esters is 2. The van der Waals surface area contributed by atoms with Gasteiger partial charge in [0.15, 0.2) is 6.10 Å². The van der Waals surface area contributed by atoms with Gasteiger partial charge in [-0.3, -0.25) is 18.6 Å². The Morgan fingerprint density at radius 2 is 1.08 bits per heavy atom. The van der Waals surface area contributed by atoms with Crippen LogP contribution in [0.3, 0.4) is 0 Å². The molecule has 0 heterocycles. The summed E-state index contributed by atoms with van der Waals surface area (Å²) in [5.74, 6) is -0.861. The van der Waals surface area contributed by atoms with Crippen molar-refractivity contribution in [2.45, 2.75) is 174 Å². The summed E-state index contributed by atoms with van der Waals surface area (Å²) >= 11 is 0. The van der Waals surface area contributed by atoms with Gasteiger partial charge in [0.1, 0.15) is 6.61 Å². The molecule has 0 radical (unpaired) electrons. The summed E-state index contributed by atoms with van der Waals surface area (Å²) in [7, 11) is -4.38. The molecule has 0 bridgehead atoms. The zero-order valence-electron chi connectivity index (χ0n) is 32.3. The van der Waals surface area contributed by atoms with E-state index in [0.717, 1.165) is 89.9 Å². The Hall–Kier alpha value is -2.03. The number of carbonyl (C=O) groups excluding carboxylic acids is 2. The minimum atomic E-state index is -4.38. The second kappa shape index (κ2) is 37.7. The maximum absolute atomic E-state index is 12.5. The van der Waals surface area contributed by atoms with Gasteiger partial charge in [0.2, 0.25) is 0 Å². The first kappa shape index (κ1) is 49.0. The van der Waals surface area contributed by atoms with Gasteiger partial charge in [-0.1, -0.05) is 133 Å². The molecule has 51 heavy (non-hydrogen) atoms. The number of rotatable bonds is 37. The Kier molecular flexibility index (Phi) is 36.2. The van der Waals surface area contributed by atoms with Crippen molar-refractivity contribution in [2.75, 3.05) is 26.4 Å². The average molecular weight is 740 g/mol. The molecule has 0 aromatic carbocycles. The fraction of sp³-hybridized carbons (Fsp3) is 0.756. The molecule has 0 rings (SSSR count). The summed E-state index contributed by atoms with van der Waals surface area (Å²) in [5.41, 5.74) is 5.33. The predicted molar refractivity (Wildman–Crippen MR) is 210 cm³/mol. The van der Waals surface area contributed by atoms with Gasteiger partial charge in [0.25, 0.3) is 0 Å². The summed E-state index contributed by atoms with van der Waals surface area (Å²) in [6.45, 7) is 3.57. The first-order valence-electron chi connectivity index (χ1n) is 20.1. The van der Waals surface area contributed by atoms with Crippen LogP contribution in [0.1, 0.15) is 168 Å². The van der Waals surface area contributed by atoms with E-state index < -0.39 is 32.5 Å². The van der Waals surface area contributed by atoms with Gasteiger partial charge in [-0.2, -0.15) is 0 Å². The van der Waals surface area contributed by atoms with Crippen LogP contribution in [0, 0.1) is 0 Å². The van der Waals surface area contributed by atoms with E-state index in [9.17, 15) is 19.0 Å². The molecule has 0 spiro atoms. The molecule has 0 aromatic rings. The lowest BCUT2D eigenvalue weighted by molar-refractivity contribution is -0.161. The van der Waals surface area contributed by atoms with Crippen molar-refractivity contribution in [3.63, 3.8) is 0 Å². The second-order valence-electron chi connectivity index (χ2n) is 13.1. The molecule has 0 saturated carbocycles. The summed E-state index contributed by atoms with van der Waals surface area (Å²) in [5, 5.41) is 0. The molecule has 0 fully saturated rings. The van der Waals surface area contributed by atoms with E-state index in [2.05, 4.69) is 62.5 Å². The van der Waals surface area contributed by atoms with Crippen LogP contribution in [0.5, 0.6) is 0 Å². The van der Waals surface area contributed by atoms with E-state index in [1.54, 1.807) is 0 Å². The van der Waals surface area contributed by atoms with Crippen LogP contribution in [-0.4, -0.2) is 49.3 Å². The highest BCUT2D eigenvalue weighted by Gasteiger charge is 2.25. The molecule has 296 valence electrons. The highest BCUT2D eigenvalue weighted by atomic mass is 31.2. The Morgan fingerprint density at radius 1 is 0.608 bits per heavy atom. The fourth-order valence-corrected chi connectivity index (χ4v) is 6.00. The lowest BCUT2D eigenvalue weighted by atomic mass is 10.1. The zero-order chi connectivity index (χ0) is 37.5. The van der Waals surface area contributed by atoms with Crippen LogP contribution in [-0.2, 0) is 32.7 Å². The highest BCUT2D eigenvalue weighted by molar-refractivity contribution is 7.47. The van der Waals surface area contributed by atoms with Crippen molar-refractivity contribution in [1.82, 2.24) is 0 Å². The minimum Gasteiger partial charge on any atom is -0.462 e. The van der Waals surface area contributed by atoms with Crippen molar-refractivity contribution in [3.05, 3.63) is 48.6 Å². The second-order valence-corrected chi connectivity index (χ2v) is 14.6. The Bertz CT molecular complexity index is 981. The standard InChI is InChI=1S/C41H74NO8P/c1-3-5-7-9-11-13-15-17-19-21-23-25-27-29-31-33-40(43)47-37-39(38-49-51(45,46)48-36-35-42)50-41(44)34-32-30-28-26-24-22-20-18-16-14-12-10-8-6-4-2/h6,8,12,14,17-20,39H,3-5,7,9-11,13,15-16,21-38,42H2,1-2H3,(H,45,46)/b8-6+,14-12+,19-17+,20-18+/t39-/m1/s1. The summed E-state index contributed by atoms with van der Waals surface area (Å²) in [6, 6.07) is 0. The summed E-state index contributed by atoms with van der Waals surface area (Å²) < 4.78 is 32.7. The van der Waals surface area contributed by atoms with Gasteiger partial charge < -0.3 is 20.1 Å². The third-order valence-corrected chi connectivity index (χ3v) is 9.18. The van der Waals surface area contributed by atoms with Crippen molar-refractivity contribution >= 4 is 19.8 Å². The van der Waals surface area contributed by atoms with Gasteiger partial charge in [-0.05, 0) is 70.6 Å². The number of ether oxygens (including phenoxy) is 2. The molecular formula is C41H74NO8P. The van der Waals surface area contributed by atoms with Crippen molar-refractivity contribution in [2.24, 2.45) is 5.73 Å². The van der Waals surface area contributed by atoms with E-state index in [0.29, 0.717) is 6.42 Å². The van der Waals surface area contributed by atoms with Crippen molar-refractivity contribution < 1.29 is 37.6 Å². The Balaban J connectivity index is 4.24. The van der Waals surface area contributed by atoms with Crippen LogP contribution in [0.25, 0.3) is 0 Å². The molecule has 0 aliphatic rings. The highest BCUT2D eigenvalue weighted by Crippen LogP contribution is 2.43. The molecule has 0 aliphatic carbocycles. The van der Waals surface area contributed by atoms with Gasteiger partial charge in [0.05, 0.1) is 13.2 Å². The number of nitrogens with two attached hydrogens (primary N) is 1. The molecule has 0 aliphatic heterocycles. The third kappa shape index (κ3) is 37.5. The monoisotopic (exact) mass is 740 g/mol. The molecule has 2 atom stereocenters. The molecule has 1 unspecified atom stereocenters. The summed E-state index contributed by atoms with van der Waals surface area (Å²) in [6.07, 6.45) is 41.4. The quantitative estimate of drug-likeness (QED) is 0.0276. The summed E-state index contributed by atoms with van der Waals surface area (Å²) in [4.78, 5) is 34.8. The molecule has 0 aromatic heterocycles. The molecule has 3 N–H and O–H groups in total. The Labute approximate surface area is 311 Å². The van der Waals surface area contributed by atoms with Crippen LogP contribution in [0.4, 0.5) is 0 Å². The number of phosphoric ester groups is 1. The first-order chi connectivity index (χ1) is 24.8. The maximum atomic E-state index is 12.5. The molecule has 0 amide bonds. The van der Waals surface area contributed by atoms with E-state index in [1.165, 1.54) is 44.9 Å². The topological polar surface area (TPSA) is 134 Å². The fourth-order valence-electron chi connectivity index (χ4n) is 5.23. The number of carbonyl (C=O) groups is 2. The largest absolute Gasteiger partial charge is 0.472 e. The molecule has 0 saturated heterocycles. The van der Waals surface area contributed by atoms with Gasteiger partial charge in [-0.15, -0.1) is 0 Å². The van der Waals surface area contributed by atoms with E-state index in [1.807, 2.05) is 0 Å². The van der Waals surface area contributed by atoms with Crippen molar-refractivity contribution in [1.29, 1.82) is 0 Å². The molecular weight excluding hydrogens is 665 g/mol. The van der Waals surface area contributed by atoms with Gasteiger partial charge >= 0.3 is 19.8 Å². The predicted octanol–water partition coefficient (Wildman–Crippen LogP) is 11.2. The lowest BCUT2D eigenvalue weighted by Gasteiger charge is -2.19. The molecule has 9 nitrogen and oxygen atoms in total. The average Bonchev–Trinajstić information content (AvgIpc) is 3.11. The SMILES string of the molecule is CC/C=C/C/C=C/C/C=C/CCCCCCCC(=O)O[C@H](COC(=O)CCCCCCC/C=C/CCCCCCCC)COP(=O)(O)OCCN. The third-order valence-electron chi connectivity index (χ3n) is 8.20. The number of unbranched alkanes of at least 4 members (excludes halogenated alkanes) is 16. The first-order valence-corrected chi connectivity index (χ1v) is 21.6. The lowest BCUT2D eigenvalue weighted by Crippen LogP contribution is -2.29. The number of hydrogen-bond donors (Lipinski definition) is 2. The van der Waals surface area contributed by atoms with Gasteiger partial charge in [-0.25, -0.2) is 4.57 Å². The number of hydrogen-bond acceptors (Lipinski definition) is 8. The van der Waals surface area contributed by atoms with E-state index in [-0.39, 0.29) is 32.6 Å². The van der Waals surface area contributed by atoms with Crippen LogP contribution in [0.2, 0.25) is 0 Å². The number of phosphoric acid groups is 1. The maximum Gasteiger partial charge on any atom is 0.472 e. The van der Waals surface area contributed by atoms with Gasteiger partial charge in [0, 0.05) is 19.4 Å². The van der Waals surface area contributed by atoms with Crippen LogP contribution < -0.4 is 5.73 Å². The minimum absolute atomic E-state index is 0.0476. The normalized spacial score (nSPS) is 13.9. The van der Waals surface area contributed by atoms with Crippen LogP contribution >= 0.6 is 7.82 Å². The Morgan fingerprint density at radius 3 is 1.63 bits per heavy atom. The van der Waals surface area contributed by atoms with E-state index >= 15 is 0 Å². The van der Waals surface area contributed by atoms with Crippen LogP contribution in [0.15, 0.2) is 48.6 Å². The zero-order valence-corrected chi connectivity index (χ0v) is 33.2. The van der Waals surface area contributed by atoms with Crippen molar-refractivity contribution in [3.8, 4) is 0 Å². The van der Waals surface area contributed by atoms with E-state index in [4.69, 9.17) is 24.3 Å². The smallest absolute Gasteiger partial charge is 0.462 e. The molecule has 10 heteroatoms.